The Labute approximate surface area is 160 Å². The van der Waals surface area contributed by atoms with Crippen molar-refractivity contribution >= 4 is 10.9 Å². The quantitative estimate of drug-likeness (QED) is 0.577. The highest BCUT2D eigenvalue weighted by Gasteiger charge is 2.22. The molecule has 0 saturated carbocycles. The second-order valence-electron chi connectivity index (χ2n) is 7.05. The van der Waals surface area contributed by atoms with Gasteiger partial charge in [-0.05, 0) is 42.3 Å². The summed E-state index contributed by atoms with van der Waals surface area (Å²) in [5.41, 5.74) is 4.19. The van der Waals surface area contributed by atoms with Crippen LogP contribution in [0.15, 0.2) is 53.7 Å². The van der Waals surface area contributed by atoms with Gasteiger partial charge in [-0.3, -0.25) is 14.7 Å². The van der Waals surface area contributed by atoms with E-state index >= 15 is 0 Å². The fourth-order valence-electron chi connectivity index (χ4n) is 3.79. The average Bonchev–Trinajstić information content (AvgIpc) is 3.10. The molecule has 1 aliphatic rings. The highest BCUT2D eigenvalue weighted by atomic mass is 19.1. The molecule has 1 aromatic carbocycles. The van der Waals surface area contributed by atoms with Gasteiger partial charge in [0.2, 0.25) is 0 Å². The number of hydrogen-bond donors (Lipinski definition) is 2. The third-order valence-electron chi connectivity index (χ3n) is 5.21. The van der Waals surface area contributed by atoms with Crippen molar-refractivity contribution in [1.82, 2.24) is 24.8 Å². The summed E-state index contributed by atoms with van der Waals surface area (Å²) < 4.78 is 13.6. The van der Waals surface area contributed by atoms with Crippen LogP contribution < -0.4 is 5.56 Å². The molecule has 7 heteroatoms. The second kappa shape index (κ2) is 6.69. The summed E-state index contributed by atoms with van der Waals surface area (Å²) in [6.07, 6.45) is 5.94. The minimum Gasteiger partial charge on any atom is -0.361 e. The molecule has 1 aliphatic heterocycles. The molecule has 6 nitrogen and oxygen atoms in total. The van der Waals surface area contributed by atoms with Gasteiger partial charge in [-0.2, -0.15) is 0 Å². The predicted molar refractivity (Wildman–Crippen MR) is 104 cm³/mol. The van der Waals surface area contributed by atoms with E-state index in [2.05, 4.69) is 19.9 Å². The van der Waals surface area contributed by atoms with Crippen molar-refractivity contribution in [2.75, 3.05) is 6.54 Å². The van der Waals surface area contributed by atoms with E-state index in [1.165, 1.54) is 6.07 Å². The Morgan fingerprint density at radius 1 is 1.25 bits per heavy atom. The Hall–Kier alpha value is -3.32. The van der Waals surface area contributed by atoms with Gasteiger partial charge in [0.05, 0.1) is 5.69 Å². The summed E-state index contributed by atoms with van der Waals surface area (Å²) in [7, 11) is 0. The van der Waals surface area contributed by atoms with Gasteiger partial charge in [-0.15, -0.1) is 0 Å². The highest BCUT2D eigenvalue weighted by molar-refractivity contribution is 5.83. The summed E-state index contributed by atoms with van der Waals surface area (Å²) in [5, 5.41) is 0.890. The van der Waals surface area contributed by atoms with Gasteiger partial charge in [-0.1, -0.05) is 0 Å². The number of aromatic amines is 2. The van der Waals surface area contributed by atoms with Crippen LogP contribution in [-0.2, 0) is 19.5 Å². The molecule has 0 fully saturated rings. The Kier molecular flexibility index (Phi) is 4.02. The van der Waals surface area contributed by atoms with Gasteiger partial charge in [0.15, 0.2) is 0 Å². The van der Waals surface area contributed by atoms with Crippen LogP contribution in [0.4, 0.5) is 4.39 Å². The SMILES string of the molecule is O=c1[nH]c(-c2cccnc2)nc2c1CCN(Cc1c[nH]c3ccc(F)cc13)C2. The summed E-state index contributed by atoms with van der Waals surface area (Å²) in [6, 6.07) is 8.45. The third kappa shape index (κ3) is 2.99. The molecule has 0 aliphatic carbocycles. The summed E-state index contributed by atoms with van der Waals surface area (Å²) in [6.45, 7) is 2.00. The molecular formula is C21H18FN5O. The smallest absolute Gasteiger partial charge is 0.254 e. The molecule has 4 aromatic rings. The van der Waals surface area contributed by atoms with Crippen LogP contribution in [0, 0.1) is 5.82 Å². The number of fused-ring (bicyclic) bond motifs is 2. The number of nitrogens with zero attached hydrogens (tertiary/aromatic N) is 3. The molecule has 28 heavy (non-hydrogen) atoms. The molecule has 4 heterocycles. The molecule has 0 amide bonds. The fourth-order valence-corrected chi connectivity index (χ4v) is 3.79. The lowest BCUT2D eigenvalue weighted by Crippen LogP contribution is -2.35. The number of H-pyrrole nitrogens is 2. The highest BCUT2D eigenvalue weighted by Crippen LogP contribution is 2.24. The van der Waals surface area contributed by atoms with Crippen molar-refractivity contribution < 1.29 is 4.39 Å². The normalized spacial score (nSPS) is 14.3. The largest absolute Gasteiger partial charge is 0.361 e. The first-order valence-electron chi connectivity index (χ1n) is 9.18. The Morgan fingerprint density at radius 3 is 3.04 bits per heavy atom. The maximum Gasteiger partial charge on any atom is 0.254 e. The molecule has 0 atom stereocenters. The number of nitrogens with one attached hydrogen (secondary N) is 2. The van der Waals surface area contributed by atoms with Gasteiger partial charge in [-0.25, -0.2) is 9.37 Å². The first kappa shape index (κ1) is 16.8. The summed E-state index contributed by atoms with van der Waals surface area (Å²) in [5.74, 6) is 0.291. The number of rotatable bonds is 3. The van der Waals surface area contributed by atoms with Crippen LogP contribution in [0.1, 0.15) is 16.8 Å². The van der Waals surface area contributed by atoms with Crippen LogP contribution in [0.25, 0.3) is 22.3 Å². The van der Waals surface area contributed by atoms with Crippen LogP contribution in [0.5, 0.6) is 0 Å². The molecule has 0 spiro atoms. The Morgan fingerprint density at radius 2 is 2.18 bits per heavy atom. The van der Waals surface area contributed by atoms with Crippen molar-refractivity contribution in [2.24, 2.45) is 0 Å². The van der Waals surface area contributed by atoms with Crippen molar-refractivity contribution in [2.45, 2.75) is 19.5 Å². The predicted octanol–water partition coefficient (Wildman–Crippen LogP) is 3.01. The van der Waals surface area contributed by atoms with Crippen LogP contribution in [0.2, 0.25) is 0 Å². The fraction of sp³-hybridized carbons (Fsp3) is 0.190. The van der Waals surface area contributed by atoms with E-state index in [1.54, 1.807) is 24.5 Å². The van der Waals surface area contributed by atoms with Gasteiger partial charge < -0.3 is 9.97 Å². The van der Waals surface area contributed by atoms with E-state index in [9.17, 15) is 9.18 Å². The van der Waals surface area contributed by atoms with Crippen LogP contribution in [-0.4, -0.2) is 31.4 Å². The van der Waals surface area contributed by atoms with E-state index in [4.69, 9.17) is 4.98 Å². The maximum absolute atomic E-state index is 13.6. The minimum atomic E-state index is -0.244. The number of halogens is 1. The topological polar surface area (TPSA) is 77.7 Å². The third-order valence-corrected chi connectivity index (χ3v) is 5.21. The first-order chi connectivity index (χ1) is 13.7. The van der Waals surface area contributed by atoms with Gasteiger partial charge >= 0.3 is 0 Å². The lowest BCUT2D eigenvalue weighted by molar-refractivity contribution is 0.241. The lowest BCUT2D eigenvalue weighted by atomic mass is 10.0. The van der Waals surface area contributed by atoms with Crippen molar-refractivity contribution in [3.8, 4) is 11.4 Å². The second-order valence-corrected chi connectivity index (χ2v) is 7.05. The van der Waals surface area contributed by atoms with E-state index in [0.29, 0.717) is 25.3 Å². The number of benzene rings is 1. The molecule has 3 aromatic heterocycles. The van der Waals surface area contributed by atoms with Gasteiger partial charge in [0.1, 0.15) is 11.6 Å². The zero-order valence-electron chi connectivity index (χ0n) is 15.1. The van der Waals surface area contributed by atoms with E-state index in [0.717, 1.165) is 39.8 Å². The molecular weight excluding hydrogens is 357 g/mol. The number of hydrogen-bond acceptors (Lipinski definition) is 4. The standard InChI is InChI=1S/C21H18FN5O/c22-15-3-4-18-17(8-15)14(10-24-18)11-27-7-5-16-19(12-27)25-20(26-21(16)28)13-2-1-6-23-9-13/h1-4,6,8-10,24H,5,7,11-12H2,(H,25,26,28). The Balaban J connectivity index is 1.45. The average molecular weight is 375 g/mol. The maximum atomic E-state index is 13.6. The minimum absolute atomic E-state index is 0.0855. The molecule has 0 unspecified atom stereocenters. The van der Waals surface area contributed by atoms with Crippen LogP contribution in [0.3, 0.4) is 0 Å². The number of pyridine rings is 1. The van der Waals surface area contributed by atoms with Crippen LogP contribution >= 0.6 is 0 Å². The summed E-state index contributed by atoms with van der Waals surface area (Å²) >= 11 is 0. The molecule has 2 N–H and O–H groups in total. The van der Waals surface area contributed by atoms with Gasteiger partial charge in [0.25, 0.3) is 5.56 Å². The molecule has 0 radical (unpaired) electrons. The summed E-state index contributed by atoms with van der Waals surface area (Å²) in [4.78, 5) is 29.6. The number of aromatic nitrogens is 4. The monoisotopic (exact) mass is 375 g/mol. The first-order valence-corrected chi connectivity index (χ1v) is 9.18. The zero-order valence-corrected chi connectivity index (χ0v) is 15.1. The van der Waals surface area contributed by atoms with Crippen molar-refractivity contribution in [1.29, 1.82) is 0 Å². The Bertz CT molecular complexity index is 1210. The van der Waals surface area contributed by atoms with E-state index in [-0.39, 0.29) is 11.4 Å². The van der Waals surface area contributed by atoms with E-state index < -0.39 is 0 Å². The van der Waals surface area contributed by atoms with Crippen molar-refractivity contribution in [3.63, 3.8) is 0 Å². The molecule has 0 bridgehead atoms. The van der Waals surface area contributed by atoms with Gasteiger partial charge in [0, 0.05) is 60.3 Å². The lowest BCUT2D eigenvalue weighted by Gasteiger charge is -2.27. The van der Waals surface area contributed by atoms with E-state index in [1.807, 2.05) is 18.3 Å². The zero-order chi connectivity index (χ0) is 19.1. The molecule has 140 valence electrons. The molecule has 0 saturated heterocycles. The van der Waals surface area contributed by atoms with Crippen molar-refractivity contribution in [3.05, 3.63) is 81.9 Å². The molecule has 5 rings (SSSR count).